The van der Waals surface area contributed by atoms with E-state index in [1.807, 2.05) is 35.8 Å². The Bertz CT molecular complexity index is 984. The minimum Gasteiger partial charge on any atom is -0.379 e. The number of benzene rings is 1. The summed E-state index contributed by atoms with van der Waals surface area (Å²) in [5.74, 6) is 0.227. The molecule has 0 saturated carbocycles. The molecule has 1 saturated heterocycles. The van der Waals surface area contributed by atoms with Gasteiger partial charge < -0.3 is 10.1 Å². The van der Waals surface area contributed by atoms with Crippen molar-refractivity contribution in [2.75, 3.05) is 38.6 Å². The monoisotopic (exact) mass is 456 g/mol. The molecule has 172 valence electrons. The molecule has 7 nitrogen and oxygen atoms in total. The second kappa shape index (κ2) is 11.1. The van der Waals surface area contributed by atoms with Gasteiger partial charge in [-0.25, -0.2) is 4.79 Å². The Balaban J connectivity index is 1.32. The van der Waals surface area contributed by atoms with Gasteiger partial charge in [0.25, 0.3) is 0 Å². The summed E-state index contributed by atoms with van der Waals surface area (Å²) < 4.78 is 7.27. The highest BCUT2D eigenvalue weighted by Gasteiger charge is 2.22. The van der Waals surface area contributed by atoms with Crippen molar-refractivity contribution in [3.05, 3.63) is 57.1 Å². The first-order valence-corrected chi connectivity index (χ1v) is 12.5. The SMILES string of the molecule is Cc1ccc(CNC(=O)CSc2nc(=O)n(CCCN3CCOCC3)c3c2CCC3)cc1. The summed E-state index contributed by atoms with van der Waals surface area (Å²) >= 11 is 1.38. The second-order valence-corrected chi connectivity index (χ2v) is 9.45. The van der Waals surface area contributed by atoms with E-state index in [9.17, 15) is 9.59 Å². The number of carbonyl (C=O) groups is 1. The number of aromatic nitrogens is 2. The summed E-state index contributed by atoms with van der Waals surface area (Å²) in [4.78, 5) is 31.9. The van der Waals surface area contributed by atoms with Crippen molar-refractivity contribution >= 4 is 17.7 Å². The Labute approximate surface area is 193 Å². The molecule has 2 aliphatic rings. The van der Waals surface area contributed by atoms with Crippen molar-refractivity contribution in [3.63, 3.8) is 0 Å². The lowest BCUT2D eigenvalue weighted by Gasteiger charge is -2.26. The maximum absolute atomic E-state index is 12.8. The third-order valence-electron chi connectivity index (χ3n) is 6.11. The van der Waals surface area contributed by atoms with E-state index < -0.39 is 0 Å². The summed E-state index contributed by atoms with van der Waals surface area (Å²) in [6.07, 6.45) is 3.82. The number of ether oxygens (including phenoxy) is 1. The smallest absolute Gasteiger partial charge is 0.348 e. The fourth-order valence-electron chi connectivity index (χ4n) is 4.30. The summed E-state index contributed by atoms with van der Waals surface area (Å²) in [6.45, 7) is 7.75. The number of thioether (sulfide) groups is 1. The molecule has 2 heterocycles. The van der Waals surface area contributed by atoms with Crippen molar-refractivity contribution in [2.24, 2.45) is 0 Å². The number of fused-ring (bicyclic) bond motifs is 1. The van der Waals surface area contributed by atoms with Crippen molar-refractivity contribution in [2.45, 2.75) is 50.7 Å². The zero-order valence-electron chi connectivity index (χ0n) is 18.8. The van der Waals surface area contributed by atoms with Crippen LogP contribution >= 0.6 is 11.8 Å². The molecular formula is C24H32N4O3S. The van der Waals surface area contributed by atoms with E-state index in [0.29, 0.717) is 13.1 Å². The number of rotatable bonds is 9. The lowest BCUT2D eigenvalue weighted by atomic mass is 10.1. The van der Waals surface area contributed by atoms with Gasteiger partial charge in [0.05, 0.1) is 19.0 Å². The van der Waals surface area contributed by atoms with Crippen LogP contribution in [-0.2, 0) is 35.5 Å². The average molecular weight is 457 g/mol. The fourth-order valence-corrected chi connectivity index (χ4v) is 5.21. The molecule has 0 atom stereocenters. The Morgan fingerprint density at radius 3 is 2.72 bits per heavy atom. The lowest BCUT2D eigenvalue weighted by molar-refractivity contribution is -0.118. The number of hydrogen-bond donors (Lipinski definition) is 1. The predicted octanol–water partition coefficient (Wildman–Crippen LogP) is 2.17. The molecule has 8 heteroatoms. The van der Waals surface area contributed by atoms with Crippen LogP contribution < -0.4 is 11.0 Å². The first-order chi connectivity index (χ1) is 15.6. The van der Waals surface area contributed by atoms with E-state index in [1.165, 1.54) is 17.3 Å². The summed E-state index contributed by atoms with van der Waals surface area (Å²) in [6, 6.07) is 8.13. The quantitative estimate of drug-likeness (QED) is 0.460. The Morgan fingerprint density at radius 2 is 1.94 bits per heavy atom. The van der Waals surface area contributed by atoms with E-state index in [1.54, 1.807) is 0 Å². The van der Waals surface area contributed by atoms with Crippen molar-refractivity contribution in [1.29, 1.82) is 0 Å². The third-order valence-corrected chi connectivity index (χ3v) is 7.13. The van der Waals surface area contributed by atoms with Crippen LogP contribution in [0.2, 0.25) is 0 Å². The maximum atomic E-state index is 12.8. The minimum atomic E-state index is -0.185. The summed E-state index contributed by atoms with van der Waals surface area (Å²) in [7, 11) is 0. The predicted molar refractivity (Wildman–Crippen MR) is 126 cm³/mol. The first kappa shape index (κ1) is 23.0. The van der Waals surface area contributed by atoms with Gasteiger partial charge >= 0.3 is 5.69 Å². The first-order valence-electron chi connectivity index (χ1n) is 11.5. The lowest BCUT2D eigenvalue weighted by Crippen LogP contribution is -2.37. The Kier molecular flexibility index (Phi) is 8.00. The van der Waals surface area contributed by atoms with Crippen molar-refractivity contribution in [1.82, 2.24) is 19.8 Å². The molecule has 1 aromatic carbocycles. The molecule has 0 bridgehead atoms. The highest BCUT2D eigenvalue weighted by molar-refractivity contribution is 7.99. The van der Waals surface area contributed by atoms with E-state index in [2.05, 4.69) is 15.2 Å². The Hall–Kier alpha value is -2.16. The topological polar surface area (TPSA) is 76.5 Å². The van der Waals surface area contributed by atoms with Gasteiger partial charge in [0.2, 0.25) is 5.91 Å². The number of carbonyl (C=O) groups excluding carboxylic acids is 1. The Morgan fingerprint density at radius 1 is 1.16 bits per heavy atom. The molecule has 0 spiro atoms. The molecule has 1 aromatic heterocycles. The average Bonchev–Trinajstić information content (AvgIpc) is 3.29. The highest BCUT2D eigenvalue weighted by atomic mass is 32.2. The zero-order chi connectivity index (χ0) is 22.3. The molecule has 1 N–H and O–H groups in total. The van der Waals surface area contributed by atoms with Crippen LogP contribution in [0.1, 0.15) is 35.2 Å². The van der Waals surface area contributed by atoms with Crippen LogP contribution in [0.15, 0.2) is 34.1 Å². The van der Waals surface area contributed by atoms with Crippen LogP contribution in [0, 0.1) is 6.92 Å². The fraction of sp³-hybridized carbons (Fsp3) is 0.542. The molecule has 0 radical (unpaired) electrons. The number of hydrogen-bond acceptors (Lipinski definition) is 6. The maximum Gasteiger partial charge on any atom is 0.348 e. The van der Waals surface area contributed by atoms with Gasteiger partial charge in [0.15, 0.2) is 0 Å². The van der Waals surface area contributed by atoms with Gasteiger partial charge in [-0.05, 0) is 38.2 Å². The van der Waals surface area contributed by atoms with Crippen LogP contribution in [0.5, 0.6) is 0 Å². The number of aryl methyl sites for hydroxylation is 1. The van der Waals surface area contributed by atoms with E-state index in [0.717, 1.165) is 80.4 Å². The van der Waals surface area contributed by atoms with Crippen LogP contribution in [-0.4, -0.2) is 59.0 Å². The molecule has 4 rings (SSSR count). The van der Waals surface area contributed by atoms with Gasteiger partial charge in [0.1, 0.15) is 5.03 Å². The molecule has 1 aliphatic heterocycles. The second-order valence-electron chi connectivity index (χ2n) is 8.49. The normalized spacial score (nSPS) is 16.2. The summed E-state index contributed by atoms with van der Waals surface area (Å²) in [5, 5.41) is 3.69. The van der Waals surface area contributed by atoms with Crippen molar-refractivity contribution < 1.29 is 9.53 Å². The standard InChI is InChI=1S/C24H32N4O3S/c1-18-6-8-19(9-7-18)16-25-22(29)17-32-23-20-4-2-5-21(20)28(24(30)26-23)11-3-10-27-12-14-31-15-13-27/h6-9H,2-5,10-17H2,1H3,(H,25,29). The van der Waals surface area contributed by atoms with Crippen LogP contribution in [0.4, 0.5) is 0 Å². The number of nitrogens with one attached hydrogen (secondary N) is 1. The van der Waals surface area contributed by atoms with Gasteiger partial charge in [0, 0.05) is 44.0 Å². The van der Waals surface area contributed by atoms with E-state index >= 15 is 0 Å². The molecular weight excluding hydrogens is 424 g/mol. The molecule has 2 aromatic rings. The molecule has 32 heavy (non-hydrogen) atoms. The number of nitrogens with zero attached hydrogens (tertiary/aromatic N) is 3. The molecule has 1 aliphatic carbocycles. The molecule has 1 amide bonds. The third kappa shape index (κ3) is 5.99. The van der Waals surface area contributed by atoms with Crippen molar-refractivity contribution in [3.8, 4) is 0 Å². The number of amides is 1. The van der Waals surface area contributed by atoms with E-state index in [-0.39, 0.29) is 17.3 Å². The number of morpholine rings is 1. The summed E-state index contributed by atoms with van der Waals surface area (Å²) in [5.41, 5.74) is 4.37. The van der Waals surface area contributed by atoms with Gasteiger partial charge in [-0.2, -0.15) is 4.98 Å². The van der Waals surface area contributed by atoms with Gasteiger partial charge in [-0.15, -0.1) is 0 Å². The highest BCUT2D eigenvalue weighted by Crippen LogP contribution is 2.29. The van der Waals surface area contributed by atoms with Crippen LogP contribution in [0.25, 0.3) is 0 Å². The van der Waals surface area contributed by atoms with Gasteiger partial charge in [-0.3, -0.25) is 14.3 Å². The van der Waals surface area contributed by atoms with Gasteiger partial charge in [-0.1, -0.05) is 41.6 Å². The van der Waals surface area contributed by atoms with E-state index in [4.69, 9.17) is 4.74 Å². The molecule has 1 fully saturated rings. The minimum absolute atomic E-state index is 0.0428. The molecule has 0 unspecified atom stereocenters. The zero-order valence-corrected chi connectivity index (χ0v) is 19.6. The largest absolute Gasteiger partial charge is 0.379 e. The van der Waals surface area contributed by atoms with Crippen LogP contribution in [0.3, 0.4) is 0 Å².